The maximum absolute atomic E-state index is 13.0. The van der Waals surface area contributed by atoms with Gasteiger partial charge in [0.05, 0.1) is 11.4 Å². The summed E-state index contributed by atoms with van der Waals surface area (Å²) in [6, 6.07) is 11.9. The van der Waals surface area contributed by atoms with Gasteiger partial charge in [-0.25, -0.2) is 9.18 Å². The second-order valence-corrected chi connectivity index (χ2v) is 5.99. The first kappa shape index (κ1) is 16.5. The number of halogens is 1. The number of carboxylic acid groups (broad SMARTS) is 1. The largest absolute Gasteiger partial charge is 0.479 e. The van der Waals surface area contributed by atoms with Crippen LogP contribution in [0.5, 0.6) is 0 Å². The number of ether oxygens (including phenoxy) is 1. The van der Waals surface area contributed by atoms with Crippen LogP contribution in [0.1, 0.15) is 12.1 Å². The molecule has 1 unspecified atom stereocenters. The van der Waals surface area contributed by atoms with Crippen LogP contribution in [0.3, 0.4) is 0 Å². The molecule has 3 rings (SSSR count). The Morgan fingerprint density at radius 3 is 2.71 bits per heavy atom. The molecule has 5 nitrogen and oxygen atoms in total. The maximum Gasteiger partial charge on any atom is 0.337 e. The van der Waals surface area contributed by atoms with Crippen LogP contribution in [0.4, 0.5) is 4.39 Å². The normalized spacial score (nSPS) is 21.1. The molecule has 0 aliphatic carbocycles. The highest BCUT2D eigenvalue weighted by atomic mass is 19.1. The number of likely N-dealkylation sites (tertiary alicyclic amines) is 1. The SMILES string of the molecule is COC1(C(=O)O)CCN(Cc2cccc(-c3ccc(F)cc3)n2)C1. The lowest BCUT2D eigenvalue weighted by atomic mass is 10.0. The smallest absolute Gasteiger partial charge is 0.337 e. The minimum Gasteiger partial charge on any atom is -0.479 e. The van der Waals surface area contributed by atoms with Crippen molar-refractivity contribution in [2.45, 2.75) is 18.6 Å². The van der Waals surface area contributed by atoms with Gasteiger partial charge in [-0.2, -0.15) is 0 Å². The zero-order valence-corrected chi connectivity index (χ0v) is 13.4. The zero-order valence-electron chi connectivity index (χ0n) is 13.4. The molecule has 1 saturated heterocycles. The van der Waals surface area contributed by atoms with Crippen LogP contribution in [0.25, 0.3) is 11.3 Å². The predicted molar refractivity (Wildman–Crippen MR) is 86.9 cm³/mol. The summed E-state index contributed by atoms with van der Waals surface area (Å²) in [5, 5.41) is 9.36. The Morgan fingerprint density at radius 1 is 1.33 bits per heavy atom. The van der Waals surface area contributed by atoms with Crippen LogP contribution >= 0.6 is 0 Å². The summed E-state index contributed by atoms with van der Waals surface area (Å²) in [6.45, 7) is 1.53. The quantitative estimate of drug-likeness (QED) is 0.913. The first-order valence-electron chi connectivity index (χ1n) is 7.75. The fraction of sp³-hybridized carbons (Fsp3) is 0.333. The van der Waals surface area contributed by atoms with Gasteiger partial charge in [0, 0.05) is 38.7 Å². The summed E-state index contributed by atoms with van der Waals surface area (Å²) in [6.07, 6.45) is 0.455. The van der Waals surface area contributed by atoms with Crippen LogP contribution < -0.4 is 0 Å². The molecule has 6 heteroatoms. The van der Waals surface area contributed by atoms with Crippen LogP contribution in [0.2, 0.25) is 0 Å². The first-order chi connectivity index (χ1) is 11.5. The maximum atomic E-state index is 13.0. The summed E-state index contributed by atoms with van der Waals surface area (Å²) >= 11 is 0. The Labute approximate surface area is 139 Å². The minimum absolute atomic E-state index is 0.281. The van der Waals surface area contributed by atoms with Crippen molar-refractivity contribution in [1.29, 1.82) is 0 Å². The van der Waals surface area contributed by atoms with Crippen molar-refractivity contribution in [2.24, 2.45) is 0 Å². The highest BCUT2D eigenvalue weighted by Gasteiger charge is 2.45. The van der Waals surface area contributed by atoms with E-state index < -0.39 is 11.6 Å². The van der Waals surface area contributed by atoms with Crippen molar-refractivity contribution >= 4 is 5.97 Å². The Kier molecular flexibility index (Phi) is 4.59. The standard InChI is InChI=1S/C18H19FN2O3/c1-24-18(17(22)23)9-10-21(12-18)11-15-3-2-4-16(20-15)13-5-7-14(19)8-6-13/h2-8H,9-12H2,1H3,(H,22,23). The van der Waals surface area contributed by atoms with Gasteiger partial charge in [-0.1, -0.05) is 6.07 Å². The van der Waals surface area contributed by atoms with E-state index in [4.69, 9.17) is 4.74 Å². The van der Waals surface area contributed by atoms with Gasteiger partial charge < -0.3 is 9.84 Å². The van der Waals surface area contributed by atoms with Gasteiger partial charge in [0.15, 0.2) is 5.60 Å². The number of hydrogen-bond donors (Lipinski definition) is 1. The summed E-state index contributed by atoms with van der Waals surface area (Å²) in [5.74, 6) is -1.21. The van der Waals surface area contributed by atoms with Gasteiger partial charge in [0.1, 0.15) is 5.82 Å². The number of hydrogen-bond acceptors (Lipinski definition) is 4. The fourth-order valence-corrected chi connectivity index (χ4v) is 3.00. The van der Waals surface area contributed by atoms with Crippen LogP contribution in [0, 0.1) is 5.82 Å². The van der Waals surface area contributed by atoms with E-state index in [0.717, 1.165) is 17.0 Å². The molecular formula is C18H19FN2O3. The first-order valence-corrected chi connectivity index (χ1v) is 7.75. The molecule has 1 aliphatic heterocycles. The topological polar surface area (TPSA) is 62.7 Å². The molecule has 1 atom stereocenters. The molecule has 1 fully saturated rings. The number of methoxy groups -OCH3 is 1. The van der Waals surface area contributed by atoms with Crippen LogP contribution in [-0.4, -0.2) is 46.8 Å². The highest BCUT2D eigenvalue weighted by Crippen LogP contribution is 2.26. The van der Waals surface area contributed by atoms with E-state index in [9.17, 15) is 14.3 Å². The lowest BCUT2D eigenvalue weighted by Gasteiger charge is -2.23. The van der Waals surface area contributed by atoms with E-state index in [1.165, 1.54) is 19.2 Å². The summed E-state index contributed by atoms with van der Waals surface area (Å²) in [4.78, 5) is 18.0. The molecule has 2 heterocycles. The second-order valence-electron chi connectivity index (χ2n) is 5.99. The van der Waals surface area contributed by atoms with Crippen molar-refractivity contribution in [3.8, 4) is 11.3 Å². The molecule has 2 aromatic rings. The minimum atomic E-state index is -1.13. The number of carboxylic acids is 1. The predicted octanol–water partition coefficient (Wildman–Crippen LogP) is 2.56. The Hall–Kier alpha value is -2.31. The summed E-state index contributed by atoms with van der Waals surface area (Å²) in [5.41, 5.74) is 1.32. The molecule has 0 amide bonds. The van der Waals surface area contributed by atoms with Crippen LogP contribution in [0.15, 0.2) is 42.5 Å². The Bertz CT molecular complexity index is 735. The van der Waals surface area contributed by atoms with Gasteiger partial charge in [0.25, 0.3) is 0 Å². The van der Waals surface area contributed by atoms with E-state index in [0.29, 0.717) is 26.1 Å². The summed E-state index contributed by atoms with van der Waals surface area (Å²) in [7, 11) is 1.44. The third-order valence-corrected chi connectivity index (χ3v) is 4.42. The monoisotopic (exact) mass is 330 g/mol. The number of carbonyl (C=O) groups is 1. The van der Waals surface area contributed by atoms with Gasteiger partial charge in [-0.15, -0.1) is 0 Å². The number of benzene rings is 1. The number of rotatable bonds is 5. The van der Waals surface area contributed by atoms with E-state index in [-0.39, 0.29) is 5.82 Å². The van der Waals surface area contributed by atoms with Crippen molar-refractivity contribution < 1.29 is 19.0 Å². The number of nitrogens with zero attached hydrogens (tertiary/aromatic N) is 2. The molecule has 1 aliphatic rings. The van der Waals surface area contributed by atoms with Gasteiger partial charge in [0.2, 0.25) is 0 Å². The van der Waals surface area contributed by atoms with E-state index >= 15 is 0 Å². The average Bonchev–Trinajstić information content (AvgIpc) is 3.00. The molecule has 1 N–H and O–H groups in total. The van der Waals surface area contributed by atoms with Crippen LogP contribution in [-0.2, 0) is 16.1 Å². The molecule has 0 spiro atoms. The number of pyridine rings is 1. The highest BCUT2D eigenvalue weighted by molar-refractivity contribution is 5.78. The molecule has 0 bridgehead atoms. The third-order valence-electron chi connectivity index (χ3n) is 4.42. The van der Waals surface area contributed by atoms with Crippen molar-refractivity contribution in [3.05, 3.63) is 54.0 Å². The second kappa shape index (κ2) is 6.67. The van der Waals surface area contributed by atoms with E-state index in [2.05, 4.69) is 4.98 Å². The molecule has 126 valence electrons. The van der Waals surface area contributed by atoms with E-state index in [1.54, 1.807) is 12.1 Å². The van der Waals surface area contributed by atoms with Crippen molar-refractivity contribution in [2.75, 3.05) is 20.2 Å². The van der Waals surface area contributed by atoms with Gasteiger partial charge in [-0.05, 0) is 36.4 Å². The Morgan fingerprint density at radius 2 is 2.08 bits per heavy atom. The number of aliphatic carboxylic acids is 1. The molecule has 24 heavy (non-hydrogen) atoms. The van der Waals surface area contributed by atoms with Gasteiger partial charge >= 0.3 is 5.97 Å². The van der Waals surface area contributed by atoms with Crippen molar-refractivity contribution in [3.63, 3.8) is 0 Å². The zero-order chi connectivity index (χ0) is 17.2. The summed E-state index contributed by atoms with van der Waals surface area (Å²) < 4.78 is 18.3. The molecule has 1 aromatic carbocycles. The molecule has 0 radical (unpaired) electrons. The van der Waals surface area contributed by atoms with Gasteiger partial charge in [-0.3, -0.25) is 9.88 Å². The molecule has 0 saturated carbocycles. The Balaban J connectivity index is 1.74. The molecule has 1 aromatic heterocycles. The lowest BCUT2D eigenvalue weighted by molar-refractivity contribution is -0.160. The van der Waals surface area contributed by atoms with E-state index in [1.807, 2.05) is 23.1 Å². The third kappa shape index (κ3) is 3.29. The van der Waals surface area contributed by atoms with Crippen molar-refractivity contribution in [1.82, 2.24) is 9.88 Å². The number of aromatic nitrogens is 1. The molecular weight excluding hydrogens is 311 g/mol. The fourth-order valence-electron chi connectivity index (χ4n) is 3.00. The lowest BCUT2D eigenvalue weighted by Crippen LogP contribution is -2.43. The average molecular weight is 330 g/mol.